The van der Waals surface area contributed by atoms with E-state index in [0.717, 1.165) is 5.56 Å². The summed E-state index contributed by atoms with van der Waals surface area (Å²) in [5, 5.41) is 3.81. The molecule has 1 heterocycles. The number of H-pyrrole nitrogens is 1. The highest BCUT2D eigenvalue weighted by Crippen LogP contribution is 2.26. The van der Waals surface area contributed by atoms with Gasteiger partial charge in [-0.2, -0.15) is 0 Å². The van der Waals surface area contributed by atoms with Crippen LogP contribution in [0.5, 0.6) is 5.75 Å². The third-order valence-electron chi connectivity index (χ3n) is 3.70. The van der Waals surface area contributed by atoms with E-state index in [1.165, 1.54) is 13.3 Å². The summed E-state index contributed by atoms with van der Waals surface area (Å²) in [4.78, 5) is 27.8. The van der Waals surface area contributed by atoms with Gasteiger partial charge >= 0.3 is 0 Å². The second-order valence-electron chi connectivity index (χ2n) is 5.38. The number of carbonyl (C=O) groups is 2. The van der Waals surface area contributed by atoms with Crippen LogP contribution in [-0.4, -0.2) is 23.8 Å². The molecule has 0 aliphatic rings. The Morgan fingerprint density at radius 1 is 1.17 bits per heavy atom. The van der Waals surface area contributed by atoms with Gasteiger partial charge in [0.2, 0.25) is 0 Å². The first-order valence-corrected chi connectivity index (χ1v) is 7.64. The zero-order valence-electron chi connectivity index (χ0n) is 13.1. The Hall–Kier alpha value is -2.79. The number of hydrogen-bond acceptors (Lipinski definition) is 3. The third-order valence-corrected chi connectivity index (χ3v) is 3.93. The Balaban J connectivity index is 1.89. The summed E-state index contributed by atoms with van der Waals surface area (Å²) in [5.74, 6) is -0.866. The summed E-state index contributed by atoms with van der Waals surface area (Å²) in [6.45, 7) is 1.89. The van der Waals surface area contributed by atoms with Gasteiger partial charge in [-0.1, -0.05) is 23.7 Å². The van der Waals surface area contributed by atoms with Crippen molar-refractivity contribution in [3.05, 3.63) is 58.7 Å². The van der Waals surface area contributed by atoms with Gasteiger partial charge in [-0.25, -0.2) is 0 Å². The van der Waals surface area contributed by atoms with Crippen molar-refractivity contribution >= 4 is 39.9 Å². The molecule has 0 saturated heterocycles. The van der Waals surface area contributed by atoms with Gasteiger partial charge in [-0.3, -0.25) is 9.59 Å². The van der Waals surface area contributed by atoms with Crippen LogP contribution in [0, 0.1) is 6.92 Å². The van der Waals surface area contributed by atoms with Crippen LogP contribution in [0.3, 0.4) is 0 Å². The quantitative estimate of drug-likeness (QED) is 0.557. The van der Waals surface area contributed by atoms with E-state index >= 15 is 0 Å². The Labute approximate surface area is 143 Å². The Kier molecular flexibility index (Phi) is 4.27. The van der Waals surface area contributed by atoms with Crippen LogP contribution in [0.1, 0.15) is 15.9 Å². The van der Waals surface area contributed by atoms with Gasteiger partial charge in [0.15, 0.2) is 0 Å². The van der Waals surface area contributed by atoms with Crippen LogP contribution in [0.25, 0.3) is 10.9 Å². The number of anilines is 1. The monoisotopic (exact) mass is 342 g/mol. The number of benzene rings is 2. The standard InChI is InChI=1S/C18H15ClN2O3/c1-10-3-6-16(24-2)15(7-10)21-18(23)17(22)13-9-20-14-8-11(19)4-5-12(13)14/h3-9,20H,1-2H3,(H,21,23). The van der Waals surface area contributed by atoms with Crippen molar-refractivity contribution in [1.82, 2.24) is 4.98 Å². The number of aryl methyl sites for hydroxylation is 1. The van der Waals surface area contributed by atoms with E-state index in [1.807, 2.05) is 13.0 Å². The van der Waals surface area contributed by atoms with Crippen molar-refractivity contribution in [2.24, 2.45) is 0 Å². The Bertz CT molecular complexity index is 947. The molecule has 0 aliphatic heterocycles. The lowest BCUT2D eigenvalue weighted by molar-refractivity contribution is -0.112. The summed E-state index contributed by atoms with van der Waals surface area (Å²) in [7, 11) is 1.51. The fourth-order valence-electron chi connectivity index (χ4n) is 2.51. The normalized spacial score (nSPS) is 10.6. The molecule has 0 bridgehead atoms. The topological polar surface area (TPSA) is 71.2 Å². The first-order chi connectivity index (χ1) is 11.5. The molecule has 0 radical (unpaired) electrons. The van der Waals surface area contributed by atoms with Gasteiger partial charge in [0.05, 0.1) is 18.4 Å². The highest BCUT2D eigenvalue weighted by Gasteiger charge is 2.21. The zero-order valence-corrected chi connectivity index (χ0v) is 13.9. The van der Waals surface area contributed by atoms with E-state index in [9.17, 15) is 9.59 Å². The number of carbonyl (C=O) groups excluding carboxylic acids is 2. The summed E-state index contributed by atoms with van der Waals surface area (Å²) in [6, 6.07) is 10.4. The number of aromatic nitrogens is 1. The Morgan fingerprint density at radius 2 is 1.96 bits per heavy atom. The lowest BCUT2D eigenvalue weighted by atomic mass is 10.1. The largest absolute Gasteiger partial charge is 0.495 e. The molecule has 0 aliphatic carbocycles. The summed E-state index contributed by atoms with van der Waals surface area (Å²) in [5.41, 5.74) is 2.40. The maximum Gasteiger partial charge on any atom is 0.296 e. The SMILES string of the molecule is COc1ccc(C)cc1NC(=O)C(=O)c1c[nH]c2cc(Cl)ccc12. The van der Waals surface area contributed by atoms with Crippen molar-refractivity contribution < 1.29 is 14.3 Å². The highest BCUT2D eigenvalue weighted by atomic mass is 35.5. The first kappa shape index (κ1) is 16.1. The highest BCUT2D eigenvalue weighted by molar-refractivity contribution is 6.48. The second-order valence-corrected chi connectivity index (χ2v) is 5.82. The van der Waals surface area contributed by atoms with E-state index < -0.39 is 11.7 Å². The van der Waals surface area contributed by atoms with Gasteiger partial charge in [0.1, 0.15) is 5.75 Å². The molecular weight excluding hydrogens is 328 g/mol. The van der Waals surface area contributed by atoms with Crippen LogP contribution in [0.2, 0.25) is 5.02 Å². The molecule has 2 aromatic carbocycles. The number of hydrogen-bond donors (Lipinski definition) is 2. The average molecular weight is 343 g/mol. The number of aromatic amines is 1. The number of ketones is 1. The van der Waals surface area contributed by atoms with Gasteiger partial charge in [0, 0.05) is 22.1 Å². The third kappa shape index (κ3) is 2.98. The predicted octanol–water partition coefficient (Wildman–Crippen LogP) is 3.96. The zero-order chi connectivity index (χ0) is 17.3. The first-order valence-electron chi connectivity index (χ1n) is 7.26. The van der Waals surface area contributed by atoms with Crippen LogP contribution >= 0.6 is 11.6 Å². The maximum absolute atomic E-state index is 12.5. The molecule has 0 fully saturated rings. The van der Waals surface area contributed by atoms with E-state index in [1.54, 1.807) is 30.3 Å². The number of halogens is 1. The van der Waals surface area contributed by atoms with E-state index in [2.05, 4.69) is 10.3 Å². The number of fused-ring (bicyclic) bond motifs is 1. The molecule has 5 nitrogen and oxygen atoms in total. The minimum atomic E-state index is -0.727. The van der Waals surface area contributed by atoms with Crippen LogP contribution < -0.4 is 10.1 Å². The molecule has 6 heteroatoms. The van der Waals surface area contributed by atoms with Crippen LogP contribution in [-0.2, 0) is 4.79 Å². The van der Waals surface area contributed by atoms with Gasteiger partial charge in [0.25, 0.3) is 11.7 Å². The molecule has 3 aromatic rings. The smallest absolute Gasteiger partial charge is 0.296 e. The number of nitrogens with one attached hydrogen (secondary N) is 2. The van der Waals surface area contributed by atoms with Crippen molar-refractivity contribution in [2.75, 3.05) is 12.4 Å². The van der Waals surface area contributed by atoms with E-state index in [0.29, 0.717) is 32.9 Å². The lowest BCUT2D eigenvalue weighted by Crippen LogP contribution is -2.23. The maximum atomic E-state index is 12.5. The number of methoxy groups -OCH3 is 1. The number of Topliss-reactive ketones (excluding diaryl/α,β-unsaturated/α-hetero) is 1. The molecule has 2 N–H and O–H groups in total. The van der Waals surface area contributed by atoms with Crippen molar-refractivity contribution in [1.29, 1.82) is 0 Å². The molecule has 3 rings (SSSR count). The molecule has 1 amide bonds. The minimum absolute atomic E-state index is 0.297. The van der Waals surface area contributed by atoms with E-state index in [4.69, 9.17) is 16.3 Å². The fourth-order valence-corrected chi connectivity index (χ4v) is 2.68. The summed E-state index contributed by atoms with van der Waals surface area (Å²) >= 11 is 5.93. The number of amides is 1. The molecular formula is C18H15ClN2O3. The molecule has 1 aromatic heterocycles. The minimum Gasteiger partial charge on any atom is -0.495 e. The van der Waals surface area contributed by atoms with E-state index in [-0.39, 0.29) is 0 Å². The fraction of sp³-hybridized carbons (Fsp3) is 0.111. The van der Waals surface area contributed by atoms with Gasteiger partial charge in [-0.15, -0.1) is 0 Å². The molecule has 122 valence electrons. The molecule has 0 atom stereocenters. The summed E-state index contributed by atoms with van der Waals surface area (Å²) < 4.78 is 5.21. The Morgan fingerprint density at radius 3 is 2.71 bits per heavy atom. The second kappa shape index (κ2) is 6.37. The molecule has 24 heavy (non-hydrogen) atoms. The predicted molar refractivity (Wildman–Crippen MR) is 94.0 cm³/mol. The number of ether oxygens (including phenoxy) is 1. The molecule has 0 saturated carbocycles. The van der Waals surface area contributed by atoms with Crippen LogP contribution in [0.4, 0.5) is 5.69 Å². The average Bonchev–Trinajstić information content (AvgIpc) is 2.97. The van der Waals surface area contributed by atoms with Crippen molar-refractivity contribution in [2.45, 2.75) is 6.92 Å². The summed E-state index contributed by atoms with van der Waals surface area (Å²) in [6.07, 6.45) is 1.51. The van der Waals surface area contributed by atoms with Gasteiger partial charge < -0.3 is 15.0 Å². The lowest BCUT2D eigenvalue weighted by Gasteiger charge is -2.10. The number of rotatable bonds is 4. The van der Waals surface area contributed by atoms with Crippen molar-refractivity contribution in [3.63, 3.8) is 0 Å². The van der Waals surface area contributed by atoms with Crippen molar-refractivity contribution in [3.8, 4) is 5.75 Å². The van der Waals surface area contributed by atoms with Crippen LogP contribution in [0.15, 0.2) is 42.6 Å². The van der Waals surface area contributed by atoms with Gasteiger partial charge in [-0.05, 0) is 36.8 Å². The molecule has 0 spiro atoms. The molecule has 0 unspecified atom stereocenters.